The second kappa shape index (κ2) is 7.18. The van der Waals surface area contributed by atoms with Crippen LogP contribution in [0.1, 0.15) is 28.3 Å². The first-order chi connectivity index (χ1) is 13.9. The molecule has 0 aliphatic carbocycles. The summed E-state index contributed by atoms with van der Waals surface area (Å²) in [5, 5.41) is 23.1. The second-order valence-corrected chi connectivity index (χ2v) is 7.77. The number of aromatic hydroxyl groups is 1. The predicted molar refractivity (Wildman–Crippen MR) is 111 cm³/mol. The van der Waals surface area contributed by atoms with Crippen LogP contribution in [0.4, 0.5) is 5.13 Å². The average Bonchev–Trinajstić information content (AvgIpc) is 3.30. The Hall–Kier alpha value is -3.45. The quantitative estimate of drug-likeness (QED) is 0.388. The first-order valence-corrected chi connectivity index (χ1v) is 9.83. The van der Waals surface area contributed by atoms with Gasteiger partial charge in [0.25, 0.3) is 5.78 Å². The molecule has 4 rings (SSSR count). The number of amides is 1. The summed E-state index contributed by atoms with van der Waals surface area (Å²) in [4.78, 5) is 31.4. The van der Waals surface area contributed by atoms with Gasteiger partial charge in [-0.3, -0.25) is 14.5 Å². The SMILES string of the molecule is Cc1ccc(C)c(C(O)=C2C(=O)C(=O)N(c3nccs3)C2c2cccc(O)c2)c1. The number of hydrogen-bond acceptors (Lipinski definition) is 6. The molecule has 3 aromatic rings. The number of carbonyl (C=O) groups is 2. The highest BCUT2D eigenvalue weighted by Gasteiger charge is 2.48. The lowest BCUT2D eigenvalue weighted by atomic mass is 9.93. The van der Waals surface area contributed by atoms with Crippen molar-refractivity contribution in [2.24, 2.45) is 0 Å². The van der Waals surface area contributed by atoms with Crippen molar-refractivity contribution in [3.05, 3.63) is 81.9 Å². The summed E-state index contributed by atoms with van der Waals surface area (Å²) in [6, 6.07) is 11.0. The van der Waals surface area contributed by atoms with E-state index in [-0.39, 0.29) is 17.1 Å². The number of phenolic OH excluding ortho intramolecular Hbond substituents is 1. The van der Waals surface area contributed by atoms with Gasteiger partial charge in [-0.1, -0.05) is 29.8 Å². The van der Waals surface area contributed by atoms with E-state index in [2.05, 4.69) is 4.98 Å². The van der Waals surface area contributed by atoms with Crippen molar-refractivity contribution >= 4 is 33.9 Å². The zero-order chi connectivity index (χ0) is 20.7. The number of thiazole rings is 1. The first kappa shape index (κ1) is 18.9. The van der Waals surface area contributed by atoms with Gasteiger partial charge in [0.15, 0.2) is 5.13 Å². The van der Waals surface area contributed by atoms with Gasteiger partial charge in [0.05, 0.1) is 11.6 Å². The Morgan fingerprint density at radius 3 is 2.62 bits per heavy atom. The minimum Gasteiger partial charge on any atom is -0.508 e. The summed E-state index contributed by atoms with van der Waals surface area (Å²) in [6.45, 7) is 3.71. The molecule has 0 saturated carbocycles. The van der Waals surface area contributed by atoms with E-state index in [0.717, 1.165) is 11.1 Å². The third-order valence-corrected chi connectivity index (χ3v) is 5.67. The monoisotopic (exact) mass is 406 g/mol. The number of ketones is 1. The van der Waals surface area contributed by atoms with Crippen molar-refractivity contribution in [2.45, 2.75) is 19.9 Å². The molecule has 1 amide bonds. The minimum atomic E-state index is -0.895. The maximum absolute atomic E-state index is 13.0. The normalized spacial score (nSPS) is 18.4. The van der Waals surface area contributed by atoms with Gasteiger partial charge in [0, 0.05) is 17.1 Å². The molecule has 0 bridgehead atoms. The van der Waals surface area contributed by atoms with Crippen LogP contribution in [0.25, 0.3) is 5.76 Å². The molecule has 7 heteroatoms. The Bertz CT molecular complexity index is 1150. The molecule has 2 heterocycles. The van der Waals surface area contributed by atoms with Crippen LogP contribution in [0.5, 0.6) is 5.75 Å². The maximum atomic E-state index is 13.0. The van der Waals surface area contributed by atoms with E-state index in [0.29, 0.717) is 16.3 Å². The number of aliphatic hydroxyl groups is 1. The lowest BCUT2D eigenvalue weighted by Crippen LogP contribution is -2.29. The molecule has 29 heavy (non-hydrogen) atoms. The van der Waals surface area contributed by atoms with Crippen LogP contribution in [-0.4, -0.2) is 26.9 Å². The van der Waals surface area contributed by atoms with Crippen molar-refractivity contribution in [1.29, 1.82) is 0 Å². The second-order valence-electron chi connectivity index (χ2n) is 6.90. The van der Waals surface area contributed by atoms with Gasteiger partial charge in [0.2, 0.25) is 0 Å². The molecule has 6 nitrogen and oxygen atoms in total. The van der Waals surface area contributed by atoms with E-state index >= 15 is 0 Å². The van der Waals surface area contributed by atoms with Gasteiger partial charge < -0.3 is 10.2 Å². The summed E-state index contributed by atoms with van der Waals surface area (Å²) < 4.78 is 0. The van der Waals surface area contributed by atoms with Gasteiger partial charge in [0.1, 0.15) is 11.5 Å². The minimum absolute atomic E-state index is 0.000961. The van der Waals surface area contributed by atoms with Gasteiger partial charge in [-0.25, -0.2) is 4.98 Å². The number of benzene rings is 2. The zero-order valence-electron chi connectivity index (χ0n) is 15.8. The van der Waals surface area contributed by atoms with Gasteiger partial charge in [-0.15, -0.1) is 11.3 Å². The van der Waals surface area contributed by atoms with Crippen molar-refractivity contribution in [2.75, 3.05) is 4.90 Å². The molecule has 1 fully saturated rings. The molecule has 1 unspecified atom stereocenters. The van der Waals surface area contributed by atoms with Crippen LogP contribution in [0.2, 0.25) is 0 Å². The molecule has 1 aliphatic heterocycles. The van der Waals surface area contributed by atoms with Crippen LogP contribution in [0.3, 0.4) is 0 Å². The molecular weight excluding hydrogens is 388 g/mol. The highest BCUT2D eigenvalue weighted by molar-refractivity contribution is 7.14. The van der Waals surface area contributed by atoms with Crippen LogP contribution in [-0.2, 0) is 9.59 Å². The standard InChI is InChI=1S/C22H18N2O4S/c1-12-6-7-13(2)16(10-12)19(26)17-18(14-4-3-5-15(25)11-14)24(21(28)20(17)27)22-23-8-9-29-22/h3-11,18,25-26H,1-2H3. The number of aliphatic hydroxyl groups excluding tert-OH is 1. The summed E-state index contributed by atoms with van der Waals surface area (Å²) in [5.41, 5.74) is 2.67. The van der Waals surface area contributed by atoms with Crippen LogP contribution >= 0.6 is 11.3 Å². The van der Waals surface area contributed by atoms with Crippen molar-refractivity contribution < 1.29 is 19.8 Å². The van der Waals surface area contributed by atoms with Crippen LogP contribution in [0.15, 0.2) is 59.6 Å². The summed E-state index contributed by atoms with van der Waals surface area (Å²) in [5.74, 6) is -1.79. The number of carbonyl (C=O) groups excluding carboxylic acids is 2. The third-order valence-electron chi connectivity index (χ3n) is 4.90. The molecule has 1 aromatic heterocycles. The Morgan fingerprint density at radius 2 is 1.93 bits per heavy atom. The highest BCUT2D eigenvalue weighted by Crippen LogP contribution is 2.43. The third kappa shape index (κ3) is 3.19. The number of phenols is 1. The van der Waals surface area contributed by atoms with Crippen molar-refractivity contribution in [3.8, 4) is 5.75 Å². The van der Waals surface area contributed by atoms with E-state index < -0.39 is 17.7 Å². The average molecular weight is 406 g/mol. The lowest BCUT2D eigenvalue weighted by molar-refractivity contribution is -0.132. The molecule has 0 spiro atoms. The Kier molecular flexibility index (Phi) is 4.68. The summed E-state index contributed by atoms with van der Waals surface area (Å²) in [6.07, 6.45) is 1.55. The molecule has 2 N–H and O–H groups in total. The number of nitrogens with zero attached hydrogens (tertiary/aromatic N) is 2. The van der Waals surface area contributed by atoms with Gasteiger partial charge >= 0.3 is 5.91 Å². The molecule has 146 valence electrons. The van der Waals surface area contributed by atoms with E-state index in [4.69, 9.17) is 0 Å². The number of aryl methyl sites for hydroxylation is 2. The lowest BCUT2D eigenvalue weighted by Gasteiger charge is -2.23. The number of rotatable bonds is 3. The number of Topliss-reactive ketones (excluding diaryl/α,β-unsaturated/α-hetero) is 1. The Morgan fingerprint density at radius 1 is 1.14 bits per heavy atom. The largest absolute Gasteiger partial charge is 0.508 e. The van der Waals surface area contributed by atoms with Gasteiger partial charge in [-0.05, 0) is 43.2 Å². The number of aromatic nitrogens is 1. The number of hydrogen-bond donors (Lipinski definition) is 2. The van der Waals surface area contributed by atoms with E-state index in [1.54, 1.807) is 29.8 Å². The zero-order valence-corrected chi connectivity index (χ0v) is 16.6. The number of anilines is 1. The Labute approximate surface area is 171 Å². The van der Waals surface area contributed by atoms with Gasteiger partial charge in [-0.2, -0.15) is 0 Å². The fraction of sp³-hybridized carbons (Fsp3) is 0.136. The fourth-order valence-corrected chi connectivity index (χ4v) is 4.18. The molecule has 0 radical (unpaired) electrons. The predicted octanol–water partition coefficient (Wildman–Crippen LogP) is 4.09. The topological polar surface area (TPSA) is 90.7 Å². The molecule has 2 aromatic carbocycles. The van der Waals surface area contributed by atoms with Crippen LogP contribution < -0.4 is 4.90 Å². The van der Waals surface area contributed by atoms with Crippen LogP contribution in [0, 0.1) is 13.8 Å². The summed E-state index contributed by atoms with van der Waals surface area (Å²) >= 11 is 1.22. The molecule has 1 atom stereocenters. The maximum Gasteiger partial charge on any atom is 0.301 e. The van der Waals surface area contributed by atoms with E-state index in [9.17, 15) is 19.8 Å². The molecular formula is C22H18N2O4S. The smallest absolute Gasteiger partial charge is 0.301 e. The highest BCUT2D eigenvalue weighted by atomic mass is 32.1. The molecule has 1 saturated heterocycles. The van der Waals surface area contributed by atoms with Crippen molar-refractivity contribution in [1.82, 2.24) is 4.98 Å². The van der Waals surface area contributed by atoms with E-state index in [1.807, 2.05) is 26.0 Å². The first-order valence-electron chi connectivity index (χ1n) is 8.95. The van der Waals surface area contributed by atoms with E-state index in [1.165, 1.54) is 28.4 Å². The van der Waals surface area contributed by atoms with Crippen molar-refractivity contribution in [3.63, 3.8) is 0 Å². The summed E-state index contributed by atoms with van der Waals surface area (Å²) in [7, 11) is 0. The molecule has 1 aliphatic rings. The fourth-order valence-electron chi connectivity index (χ4n) is 3.51. The Balaban J connectivity index is 1.99.